The standard InChI is InChI=1S/C19H22BrN/c1-19(21,17-11-4-5-12-18(17)20)13-15-9-6-8-14-7-2-3-10-16(14)15/h2-5,7,10-12,15H,6,8-9,13,21H2,1H3. The summed E-state index contributed by atoms with van der Waals surface area (Å²) in [5.41, 5.74) is 10.6. The van der Waals surface area contributed by atoms with Crippen molar-refractivity contribution < 1.29 is 0 Å². The Balaban J connectivity index is 1.89. The molecule has 0 spiro atoms. The van der Waals surface area contributed by atoms with E-state index in [0.29, 0.717) is 5.92 Å². The molecular weight excluding hydrogens is 322 g/mol. The molecule has 2 unspecified atom stereocenters. The minimum Gasteiger partial charge on any atom is -0.322 e. The van der Waals surface area contributed by atoms with Crippen LogP contribution in [-0.4, -0.2) is 0 Å². The first-order valence-corrected chi connectivity index (χ1v) is 8.49. The molecule has 110 valence electrons. The lowest BCUT2D eigenvalue weighted by molar-refractivity contribution is 0.375. The molecule has 2 N–H and O–H groups in total. The third-order valence-corrected chi connectivity index (χ3v) is 5.34. The molecule has 0 saturated heterocycles. The third kappa shape index (κ3) is 3.07. The monoisotopic (exact) mass is 343 g/mol. The molecule has 21 heavy (non-hydrogen) atoms. The second kappa shape index (κ2) is 5.94. The van der Waals surface area contributed by atoms with E-state index >= 15 is 0 Å². The number of benzene rings is 2. The van der Waals surface area contributed by atoms with Crippen molar-refractivity contribution in [1.29, 1.82) is 0 Å². The molecule has 0 aromatic heterocycles. The number of halogens is 1. The van der Waals surface area contributed by atoms with Crippen molar-refractivity contribution in [2.45, 2.75) is 44.1 Å². The Hall–Kier alpha value is -1.12. The third-order valence-electron chi connectivity index (χ3n) is 4.65. The largest absolute Gasteiger partial charge is 0.322 e. The van der Waals surface area contributed by atoms with Gasteiger partial charge in [-0.3, -0.25) is 0 Å². The van der Waals surface area contributed by atoms with Crippen LogP contribution in [0.15, 0.2) is 53.0 Å². The first-order chi connectivity index (χ1) is 10.1. The fraction of sp³-hybridized carbons (Fsp3) is 0.368. The number of hydrogen-bond acceptors (Lipinski definition) is 1. The molecule has 1 aliphatic rings. The zero-order valence-electron chi connectivity index (χ0n) is 12.5. The normalized spacial score (nSPS) is 20.6. The van der Waals surface area contributed by atoms with Crippen LogP contribution < -0.4 is 5.73 Å². The molecule has 2 atom stereocenters. The maximum absolute atomic E-state index is 6.70. The molecular formula is C19H22BrN. The summed E-state index contributed by atoms with van der Waals surface area (Å²) >= 11 is 3.65. The van der Waals surface area contributed by atoms with Crippen LogP contribution in [0.25, 0.3) is 0 Å². The highest BCUT2D eigenvalue weighted by Gasteiger charge is 2.30. The van der Waals surface area contributed by atoms with E-state index in [1.165, 1.54) is 36.0 Å². The summed E-state index contributed by atoms with van der Waals surface area (Å²) in [6, 6.07) is 17.2. The lowest BCUT2D eigenvalue weighted by Gasteiger charge is -2.34. The number of hydrogen-bond donors (Lipinski definition) is 1. The molecule has 3 rings (SSSR count). The van der Waals surface area contributed by atoms with Gasteiger partial charge in [0.2, 0.25) is 0 Å². The van der Waals surface area contributed by atoms with Gasteiger partial charge in [-0.2, -0.15) is 0 Å². The quantitative estimate of drug-likeness (QED) is 0.820. The van der Waals surface area contributed by atoms with Gasteiger partial charge in [-0.25, -0.2) is 0 Å². The second-order valence-corrected chi connectivity index (χ2v) is 7.24. The second-order valence-electron chi connectivity index (χ2n) is 6.39. The van der Waals surface area contributed by atoms with Gasteiger partial charge in [0.15, 0.2) is 0 Å². The zero-order valence-corrected chi connectivity index (χ0v) is 14.1. The summed E-state index contributed by atoms with van der Waals surface area (Å²) in [7, 11) is 0. The highest BCUT2D eigenvalue weighted by atomic mass is 79.9. The minimum atomic E-state index is -0.310. The van der Waals surface area contributed by atoms with Crippen LogP contribution in [0.3, 0.4) is 0 Å². The average Bonchev–Trinajstić information content (AvgIpc) is 2.47. The number of rotatable bonds is 3. The maximum Gasteiger partial charge on any atom is 0.0398 e. The Morgan fingerprint density at radius 1 is 1.14 bits per heavy atom. The predicted octanol–water partition coefficient (Wildman–Crippen LogP) is 5.13. The highest BCUT2D eigenvalue weighted by Crippen LogP contribution is 2.40. The molecule has 1 aliphatic carbocycles. The lowest BCUT2D eigenvalue weighted by Crippen LogP contribution is -2.36. The van der Waals surface area contributed by atoms with Gasteiger partial charge in [-0.05, 0) is 61.3 Å². The van der Waals surface area contributed by atoms with Crippen LogP contribution >= 0.6 is 15.9 Å². The first-order valence-electron chi connectivity index (χ1n) is 7.69. The number of fused-ring (bicyclic) bond motifs is 1. The number of nitrogens with two attached hydrogens (primary N) is 1. The van der Waals surface area contributed by atoms with Gasteiger partial charge in [0.1, 0.15) is 0 Å². The summed E-state index contributed by atoms with van der Waals surface area (Å²) in [5, 5.41) is 0. The molecule has 0 amide bonds. The van der Waals surface area contributed by atoms with Crippen molar-refractivity contribution in [3.05, 3.63) is 69.7 Å². The maximum atomic E-state index is 6.70. The SMILES string of the molecule is CC(N)(CC1CCCc2ccccc21)c1ccccc1Br. The van der Waals surface area contributed by atoms with Gasteiger partial charge in [0.25, 0.3) is 0 Å². The lowest BCUT2D eigenvalue weighted by atomic mass is 9.74. The predicted molar refractivity (Wildman–Crippen MR) is 92.4 cm³/mol. The summed E-state index contributed by atoms with van der Waals surface area (Å²) in [6.45, 7) is 2.16. The average molecular weight is 344 g/mol. The zero-order chi connectivity index (χ0) is 14.9. The highest BCUT2D eigenvalue weighted by molar-refractivity contribution is 9.10. The molecule has 2 heteroatoms. The van der Waals surface area contributed by atoms with Crippen LogP contribution in [0, 0.1) is 0 Å². The first kappa shape index (κ1) is 14.8. The Kier molecular flexibility index (Phi) is 4.19. The Labute approximate surface area is 135 Å². The van der Waals surface area contributed by atoms with Gasteiger partial charge in [0, 0.05) is 10.0 Å². The van der Waals surface area contributed by atoms with Crippen LogP contribution in [0.1, 0.15) is 48.8 Å². The Bertz CT molecular complexity index is 633. The van der Waals surface area contributed by atoms with Gasteiger partial charge in [-0.1, -0.05) is 58.4 Å². The van der Waals surface area contributed by atoms with Crippen molar-refractivity contribution in [2.24, 2.45) is 5.73 Å². The van der Waals surface area contributed by atoms with Gasteiger partial charge in [-0.15, -0.1) is 0 Å². The van der Waals surface area contributed by atoms with E-state index in [1.807, 2.05) is 6.07 Å². The van der Waals surface area contributed by atoms with Crippen molar-refractivity contribution in [3.8, 4) is 0 Å². The summed E-state index contributed by atoms with van der Waals surface area (Å²) < 4.78 is 1.11. The van der Waals surface area contributed by atoms with Crippen LogP contribution in [0.5, 0.6) is 0 Å². The fourth-order valence-corrected chi connectivity index (χ4v) is 4.35. The summed E-state index contributed by atoms with van der Waals surface area (Å²) in [6.07, 6.45) is 4.72. The van der Waals surface area contributed by atoms with Crippen molar-refractivity contribution in [1.82, 2.24) is 0 Å². The van der Waals surface area contributed by atoms with E-state index in [1.54, 1.807) is 0 Å². The van der Waals surface area contributed by atoms with E-state index in [0.717, 1.165) is 10.9 Å². The molecule has 0 radical (unpaired) electrons. The molecule has 0 saturated carbocycles. The van der Waals surface area contributed by atoms with Crippen molar-refractivity contribution >= 4 is 15.9 Å². The summed E-state index contributed by atoms with van der Waals surface area (Å²) in [4.78, 5) is 0. The van der Waals surface area contributed by atoms with Crippen LogP contribution in [0.4, 0.5) is 0 Å². The smallest absolute Gasteiger partial charge is 0.0398 e. The van der Waals surface area contributed by atoms with Crippen molar-refractivity contribution in [2.75, 3.05) is 0 Å². The van der Waals surface area contributed by atoms with Gasteiger partial charge < -0.3 is 5.73 Å². The van der Waals surface area contributed by atoms with E-state index in [4.69, 9.17) is 5.73 Å². The molecule has 2 aromatic carbocycles. The van der Waals surface area contributed by atoms with Crippen molar-refractivity contribution in [3.63, 3.8) is 0 Å². The Morgan fingerprint density at radius 2 is 1.86 bits per heavy atom. The van der Waals surface area contributed by atoms with E-state index in [9.17, 15) is 0 Å². The topological polar surface area (TPSA) is 26.0 Å². The molecule has 0 fully saturated rings. The molecule has 2 aromatic rings. The fourth-order valence-electron chi connectivity index (χ4n) is 3.61. The number of aryl methyl sites for hydroxylation is 1. The molecule has 0 aliphatic heterocycles. The van der Waals surface area contributed by atoms with Crippen LogP contribution in [-0.2, 0) is 12.0 Å². The Morgan fingerprint density at radius 3 is 2.67 bits per heavy atom. The summed E-state index contributed by atoms with van der Waals surface area (Å²) in [5.74, 6) is 0.567. The van der Waals surface area contributed by atoms with Gasteiger partial charge >= 0.3 is 0 Å². The van der Waals surface area contributed by atoms with E-state index in [2.05, 4.69) is 65.3 Å². The molecule has 0 bridgehead atoms. The van der Waals surface area contributed by atoms with E-state index < -0.39 is 0 Å². The van der Waals surface area contributed by atoms with Crippen LogP contribution in [0.2, 0.25) is 0 Å². The molecule has 0 heterocycles. The minimum absolute atomic E-state index is 0.310. The molecule has 1 nitrogen and oxygen atoms in total. The van der Waals surface area contributed by atoms with Gasteiger partial charge in [0.05, 0.1) is 0 Å². The van der Waals surface area contributed by atoms with E-state index in [-0.39, 0.29) is 5.54 Å².